The van der Waals surface area contributed by atoms with Gasteiger partial charge in [0.1, 0.15) is 5.01 Å². The van der Waals surface area contributed by atoms with E-state index in [0.29, 0.717) is 6.04 Å². The van der Waals surface area contributed by atoms with E-state index in [1.807, 2.05) is 7.05 Å². The highest BCUT2D eigenvalue weighted by Crippen LogP contribution is 2.17. The number of aliphatic imine (C=N–C) groups is 1. The molecule has 26 heavy (non-hydrogen) atoms. The van der Waals surface area contributed by atoms with Crippen LogP contribution in [0.3, 0.4) is 0 Å². The number of rotatable bonds is 5. The Kier molecular flexibility index (Phi) is 8.78. The minimum Gasteiger partial charge on any atom is -0.354 e. The molecule has 0 aromatic carbocycles. The highest BCUT2D eigenvalue weighted by molar-refractivity contribution is 14.0. The summed E-state index contributed by atoms with van der Waals surface area (Å²) >= 11 is 3.53. The summed E-state index contributed by atoms with van der Waals surface area (Å²) in [4.78, 5) is 12.8. The quantitative estimate of drug-likeness (QED) is 0.369. The second kappa shape index (κ2) is 10.6. The van der Waals surface area contributed by atoms with Crippen LogP contribution in [-0.2, 0) is 13.1 Å². The topological polar surface area (TPSA) is 52.6 Å². The van der Waals surface area contributed by atoms with Gasteiger partial charge < -0.3 is 10.6 Å². The molecular weight excluding hydrogens is 477 g/mol. The standard InChI is InChI=1S/C18H27N5S2.HI/c1-13-14(2)25-17(21-13)10-20-18(19-3)22-16-4-7-23(8-5-16)11-15-6-9-24-12-15;/h6,9,12,16H,4-5,7-8,10-11H2,1-3H3,(H2,19,20,22);1H. The zero-order valence-electron chi connectivity index (χ0n) is 15.6. The van der Waals surface area contributed by atoms with Gasteiger partial charge in [-0.05, 0) is 49.1 Å². The molecule has 5 nitrogen and oxygen atoms in total. The van der Waals surface area contributed by atoms with E-state index in [1.165, 1.54) is 10.4 Å². The van der Waals surface area contributed by atoms with Crippen molar-refractivity contribution >= 4 is 52.6 Å². The van der Waals surface area contributed by atoms with Gasteiger partial charge in [-0.25, -0.2) is 4.98 Å². The maximum atomic E-state index is 4.58. The van der Waals surface area contributed by atoms with Crippen molar-refractivity contribution in [3.63, 3.8) is 0 Å². The molecule has 3 rings (SSSR count). The highest BCUT2D eigenvalue weighted by atomic mass is 127. The fourth-order valence-electron chi connectivity index (χ4n) is 3.04. The van der Waals surface area contributed by atoms with Crippen molar-refractivity contribution in [3.8, 4) is 0 Å². The van der Waals surface area contributed by atoms with E-state index >= 15 is 0 Å². The van der Waals surface area contributed by atoms with Gasteiger partial charge in [0.2, 0.25) is 0 Å². The van der Waals surface area contributed by atoms with E-state index in [9.17, 15) is 0 Å². The molecule has 3 heterocycles. The molecule has 1 aliphatic heterocycles. The van der Waals surface area contributed by atoms with Crippen molar-refractivity contribution < 1.29 is 0 Å². The SMILES string of the molecule is CN=C(NCc1nc(C)c(C)s1)NC1CCN(Cc2ccsc2)CC1.I. The molecule has 2 aromatic heterocycles. The van der Waals surface area contributed by atoms with E-state index in [0.717, 1.165) is 55.7 Å². The number of aromatic nitrogens is 1. The normalized spacial score (nSPS) is 16.3. The summed E-state index contributed by atoms with van der Waals surface area (Å²) in [6.45, 7) is 8.26. The van der Waals surface area contributed by atoms with Crippen molar-refractivity contribution in [2.24, 2.45) is 4.99 Å². The Morgan fingerprint density at radius 3 is 2.69 bits per heavy atom. The third-order valence-electron chi connectivity index (χ3n) is 4.62. The number of halogens is 1. The first-order valence-corrected chi connectivity index (χ1v) is 10.5. The summed E-state index contributed by atoms with van der Waals surface area (Å²) in [5.41, 5.74) is 2.56. The Labute approximate surface area is 181 Å². The van der Waals surface area contributed by atoms with E-state index < -0.39 is 0 Å². The molecule has 0 saturated carbocycles. The lowest BCUT2D eigenvalue weighted by atomic mass is 10.0. The fraction of sp³-hybridized carbons (Fsp3) is 0.556. The summed E-state index contributed by atoms with van der Waals surface area (Å²) in [5.74, 6) is 0.877. The van der Waals surface area contributed by atoms with Gasteiger partial charge >= 0.3 is 0 Å². The van der Waals surface area contributed by atoms with Gasteiger partial charge in [0.05, 0.1) is 12.2 Å². The van der Waals surface area contributed by atoms with Gasteiger partial charge in [-0.1, -0.05) is 0 Å². The van der Waals surface area contributed by atoms with Crippen LogP contribution in [0.4, 0.5) is 0 Å². The predicted molar refractivity (Wildman–Crippen MR) is 123 cm³/mol. The second-order valence-corrected chi connectivity index (χ2v) is 8.57. The minimum atomic E-state index is 0. The van der Waals surface area contributed by atoms with Crippen molar-refractivity contribution in [1.29, 1.82) is 0 Å². The van der Waals surface area contributed by atoms with E-state index in [-0.39, 0.29) is 24.0 Å². The molecule has 1 saturated heterocycles. The first-order chi connectivity index (χ1) is 12.1. The molecule has 1 aliphatic rings. The molecule has 144 valence electrons. The van der Waals surface area contributed by atoms with Crippen LogP contribution >= 0.6 is 46.7 Å². The number of hydrogen-bond donors (Lipinski definition) is 2. The molecule has 0 radical (unpaired) electrons. The third-order valence-corrected chi connectivity index (χ3v) is 6.42. The lowest BCUT2D eigenvalue weighted by Gasteiger charge is -2.32. The molecule has 8 heteroatoms. The number of thiophene rings is 1. The van der Waals surface area contributed by atoms with Gasteiger partial charge in [-0.15, -0.1) is 35.3 Å². The summed E-state index contributed by atoms with van der Waals surface area (Å²) in [5, 5.41) is 12.5. The molecule has 2 aromatic rings. The minimum absolute atomic E-state index is 0. The first kappa shape index (κ1) is 21.6. The van der Waals surface area contributed by atoms with E-state index in [4.69, 9.17) is 0 Å². The molecule has 1 fully saturated rings. The second-order valence-electron chi connectivity index (χ2n) is 6.50. The monoisotopic (exact) mass is 505 g/mol. The molecule has 0 bridgehead atoms. The van der Waals surface area contributed by atoms with Crippen LogP contribution in [0.25, 0.3) is 0 Å². The van der Waals surface area contributed by atoms with Crippen LogP contribution in [0.15, 0.2) is 21.8 Å². The van der Waals surface area contributed by atoms with Crippen LogP contribution in [-0.4, -0.2) is 42.0 Å². The number of piperidine rings is 1. The third kappa shape index (κ3) is 6.17. The van der Waals surface area contributed by atoms with Crippen LogP contribution in [0.1, 0.15) is 34.0 Å². The molecular formula is C18H28IN5S2. The molecule has 2 N–H and O–H groups in total. The number of aryl methyl sites for hydroxylation is 2. The molecule has 0 amide bonds. The zero-order valence-corrected chi connectivity index (χ0v) is 19.6. The molecule has 0 unspecified atom stereocenters. The van der Waals surface area contributed by atoms with E-state index in [2.05, 4.69) is 56.2 Å². The Hall–Kier alpha value is -0.710. The highest BCUT2D eigenvalue weighted by Gasteiger charge is 2.20. The van der Waals surface area contributed by atoms with Crippen LogP contribution in [0.2, 0.25) is 0 Å². The molecule has 0 spiro atoms. The maximum absolute atomic E-state index is 4.58. The molecule has 0 atom stereocenters. The number of thiazole rings is 1. The molecule has 0 aliphatic carbocycles. The number of nitrogens with one attached hydrogen (secondary N) is 2. The largest absolute Gasteiger partial charge is 0.354 e. The van der Waals surface area contributed by atoms with Crippen molar-refractivity contribution in [2.75, 3.05) is 20.1 Å². The van der Waals surface area contributed by atoms with Gasteiger partial charge in [-0.3, -0.25) is 9.89 Å². The number of hydrogen-bond acceptors (Lipinski definition) is 5. The van der Waals surface area contributed by atoms with Crippen molar-refractivity contribution in [1.82, 2.24) is 20.5 Å². The van der Waals surface area contributed by atoms with Gasteiger partial charge in [0.15, 0.2) is 5.96 Å². The average Bonchev–Trinajstić information content (AvgIpc) is 3.23. The Morgan fingerprint density at radius 2 is 2.12 bits per heavy atom. The van der Waals surface area contributed by atoms with Crippen LogP contribution < -0.4 is 10.6 Å². The summed E-state index contributed by atoms with van der Waals surface area (Å²) in [6.07, 6.45) is 2.31. The summed E-state index contributed by atoms with van der Waals surface area (Å²) in [6, 6.07) is 2.72. The maximum Gasteiger partial charge on any atom is 0.191 e. The smallest absolute Gasteiger partial charge is 0.191 e. The van der Waals surface area contributed by atoms with Crippen molar-refractivity contribution in [2.45, 2.75) is 45.8 Å². The predicted octanol–water partition coefficient (Wildman–Crippen LogP) is 3.77. The van der Waals surface area contributed by atoms with Crippen LogP contribution in [0, 0.1) is 13.8 Å². The van der Waals surface area contributed by atoms with Gasteiger partial charge in [0.25, 0.3) is 0 Å². The summed E-state index contributed by atoms with van der Waals surface area (Å²) < 4.78 is 0. The van der Waals surface area contributed by atoms with Crippen LogP contribution in [0.5, 0.6) is 0 Å². The number of likely N-dealkylation sites (tertiary alicyclic amines) is 1. The van der Waals surface area contributed by atoms with Gasteiger partial charge in [0, 0.05) is 37.6 Å². The van der Waals surface area contributed by atoms with E-state index in [1.54, 1.807) is 22.7 Å². The van der Waals surface area contributed by atoms with Gasteiger partial charge in [-0.2, -0.15) is 11.3 Å². The van der Waals surface area contributed by atoms with Crippen molar-refractivity contribution in [3.05, 3.63) is 38.0 Å². The zero-order chi connectivity index (χ0) is 17.6. The number of guanidine groups is 1. The Morgan fingerprint density at radius 1 is 1.35 bits per heavy atom. The Bertz CT molecular complexity index is 671. The fourth-order valence-corrected chi connectivity index (χ4v) is 4.57. The first-order valence-electron chi connectivity index (χ1n) is 8.77. The number of nitrogens with zero attached hydrogens (tertiary/aromatic N) is 3. The average molecular weight is 505 g/mol. The summed E-state index contributed by atoms with van der Waals surface area (Å²) in [7, 11) is 1.83. The lowest BCUT2D eigenvalue weighted by molar-refractivity contribution is 0.198. The Balaban J connectivity index is 0.00000243. The lowest BCUT2D eigenvalue weighted by Crippen LogP contribution is -2.48.